The van der Waals surface area contributed by atoms with Gasteiger partial charge in [0.25, 0.3) is 0 Å². The van der Waals surface area contributed by atoms with E-state index in [0.717, 1.165) is 40.5 Å². The molecular weight excluding hydrogens is 961 g/mol. The molecule has 0 atom stereocenters. The molecule has 1 saturated carbocycles. The van der Waals surface area contributed by atoms with Crippen LogP contribution in [0.4, 0.5) is 17.6 Å². The maximum atomic E-state index is 11.8. The highest BCUT2D eigenvalue weighted by molar-refractivity contribution is 7.92. The highest BCUT2D eigenvalue weighted by Crippen LogP contribution is 2.64. The molecule has 0 bridgehead atoms. The molecule has 16 nitrogen and oxygen atoms in total. The second-order valence-electron chi connectivity index (χ2n) is 15.6. The van der Waals surface area contributed by atoms with E-state index in [1.165, 1.54) is 12.4 Å². The van der Waals surface area contributed by atoms with Crippen molar-refractivity contribution in [3.8, 4) is 29.4 Å². The molecule has 0 saturated heterocycles. The number of anilines is 3. The fourth-order valence-electron chi connectivity index (χ4n) is 8.14. The number of ether oxygens (including phenoxy) is 3. The normalized spacial score (nSPS) is 16.7. The molecule has 0 radical (unpaired) electrons. The van der Waals surface area contributed by atoms with Gasteiger partial charge in [-0.15, -0.1) is 11.6 Å². The molecule has 3 N–H and O–H groups in total. The Hall–Kier alpha value is -6.41. The Morgan fingerprint density at radius 2 is 1.16 bits per heavy atom. The number of halogens is 3. The van der Waals surface area contributed by atoms with Crippen molar-refractivity contribution in [2.45, 2.75) is 43.7 Å². The summed E-state index contributed by atoms with van der Waals surface area (Å²) in [5, 5.41) is 24.6. The second-order valence-corrected chi connectivity index (χ2v) is 20.3. The Balaban J connectivity index is 1.28. The van der Waals surface area contributed by atoms with Crippen molar-refractivity contribution in [3.63, 3.8) is 0 Å². The molecule has 4 aromatic carbocycles. The minimum absolute atomic E-state index is 0.0204. The van der Waals surface area contributed by atoms with Crippen molar-refractivity contribution in [3.05, 3.63) is 152 Å². The maximum absolute atomic E-state index is 11.8. The number of sulfonamides is 2. The summed E-state index contributed by atoms with van der Waals surface area (Å²) in [5.74, 6) is 1.09. The molecule has 1 aliphatic rings. The zero-order valence-corrected chi connectivity index (χ0v) is 40.1. The Kier molecular flexibility index (Phi) is 14.6. The van der Waals surface area contributed by atoms with Crippen molar-refractivity contribution in [1.29, 1.82) is 10.5 Å². The number of alkyl halides is 1. The third-order valence-electron chi connectivity index (χ3n) is 10.9. The lowest BCUT2D eigenvalue weighted by Crippen LogP contribution is -2.54. The fraction of sp³-hybridized carbons (Fsp3) is 0.261. The van der Waals surface area contributed by atoms with Crippen LogP contribution in [0.3, 0.4) is 0 Å². The Morgan fingerprint density at radius 1 is 0.672 bits per heavy atom. The average Bonchev–Trinajstić information content (AvgIpc) is 3.27. The minimum Gasteiger partial charge on any atom is -0.491 e. The second kappa shape index (κ2) is 20.2. The van der Waals surface area contributed by atoms with Gasteiger partial charge < -0.3 is 19.5 Å². The van der Waals surface area contributed by atoms with E-state index in [0.29, 0.717) is 36.6 Å². The molecule has 0 amide bonds. The lowest BCUT2D eigenvalue weighted by molar-refractivity contribution is 0.170. The Labute approximate surface area is 403 Å². The summed E-state index contributed by atoms with van der Waals surface area (Å²) in [6.45, 7) is 2.53. The van der Waals surface area contributed by atoms with Crippen LogP contribution in [-0.2, 0) is 44.0 Å². The van der Waals surface area contributed by atoms with Gasteiger partial charge in [0.2, 0.25) is 31.9 Å². The lowest BCUT2D eigenvalue weighted by atomic mass is 9.44. The van der Waals surface area contributed by atoms with E-state index in [2.05, 4.69) is 46.8 Å². The molecule has 2 heterocycles. The van der Waals surface area contributed by atoms with Crippen LogP contribution in [0.25, 0.3) is 0 Å². The molecule has 2 aromatic heterocycles. The standard InChI is InChI=1S/C46H42Cl3N9O7S2/c1-4-63-41-29(23-50)19-33(21-39(41)48)46(32-7-11-38(12-8-32)65-26-37-14-17-53-44(56-37)58-67(3,61)62)27-45(28-46,34-20-30(24-51)42(40(49)22-34)64-18-15-47)31-5-9-35(10-6-31)54-25-36-13-16-52-43(55-36)57-66(2,59)60/h5-14,16-17,19-22,54H,4,15,18,25-28H2,1-3H3,(H,52,55,57)(H,53,56,58). The molecule has 7 rings (SSSR count). The van der Waals surface area contributed by atoms with E-state index in [-0.39, 0.29) is 70.2 Å². The van der Waals surface area contributed by atoms with E-state index >= 15 is 0 Å². The third-order valence-corrected chi connectivity index (χ3v) is 12.8. The topological polar surface area (TPSA) is 231 Å². The van der Waals surface area contributed by atoms with Gasteiger partial charge in [-0.25, -0.2) is 36.8 Å². The number of nitrogens with one attached hydrogen (secondary N) is 3. The lowest BCUT2D eigenvalue weighted by Gasteiger charge is -2.58. The first-order valence-corrected chi connectivity index (χ1v) is 25.5. The van der Waals surface area contributed by atoms with Gasteiger partial charge in [-0.05, 0) is 103 Å². The van der Waals surface area contributed by atoms with Crippen LogP contribution in [0.15, 0.2) is 97.3 Å². The van der Waals surface area contributed by atoms with Crippen molar-refractivity contribution in [1.82, 2.24) is 19.9 Å². The van der Waals surface area contributed by atoms with E-state index in [4.69, 9.17) is 49.0 Å². The molecule has 6 aromatic rings. The van der Waals surface area contributed by atoms with Crippen LogP contribution in [0.2, 0.25) is 10.0 Å². The predicted molar refractivity (Wildman–Crippen MR) is 256 cm³/mol. The number of rotatable bonds is 19. The quantitative estimate of drug-likeness (QED) is 0.0648. The average molecular weight is 1000 g/mol. The van der Waals surface area contributed by atoms with Gasteiger partial charge in [0.15, 0.2) is 11.5 Å². The predicted octanol–water partition coefficient (Wildman–Crippen LogP) is 8.33. The number of aromatic nitrogens is 4. The van der Waals surface area contributed by atoms with Crippen LogP contribution >= 0.6 is 34.8 Å². The van der Waals surface area contributed by atoms with Gasteiger partial charge in [-0.2, -0.15) is 10.5 Å². The van der Waals surface area contributed by atoms with Gasteiger partial charge in [0.05, 0.1) is 64.1 Å². The highest BCUT2D eigenvalue weighted by Gasteiger charge is 2.58. The molecule has 346 valence electrons. The van der Waals surface area contributed by atoms with Crippen LogP contribution in [-0.4, -0.2) is 68.4 Å². The molecule has 0 spiro atoms. The first-order valence-electron chi connectivity index (χ1n) is 20.4. The number of hydrogen-bond donors (Lipinski definition) is 3. The minimum atomic E-state index is -3.59. The molecule has 1 aliphatic carbocycles. The largest absolute Gasteiger partial charge is 0.491 e. The summed E-state index contributed by atoms with van der Waals surface area (Å²) in [5.41, 5.74) is 3.97. The van der Waals surface area contributed by atoms with E-state index in [1.807, 2.05) is 67.6 Å². The van der Waals surface area contributed by atoms with Crippen molar-refractivity contribution >= 4 is 72.4 Å². The van der Waals surface area contributed by atoms with Gasteiger partial charge >= 0.3 is 0 Å². The van der Waals surface area contributed by atoms with Gasteiger partial charge in [0, 0.05) is 28.9 Å². The summed E-state index contributed by atoms with van der Waals surface area (Å²) in [6, 6.07) is 30.4. The molecule has 0 aliphatic heterocycles. The SMILES string of the molecule is CCOc1c(Cl)cc(C2(c3ccc(OCc4ccnc(NS(C)(=O)=O)n4)cc3)CC(c3ccc(NCc4ccnc(NS(C)(=O)=O)n4)cc3)(c3cc(Cl)c(OCCCl)c(C#N)c3)C2)cc1C#N. The molecule has 0 unspecified atom stereocenters. The van der Waals surface area contributed by atoms with Gasteiger partial charge in [-0.3, -0.25) is 9.44 Å². The monoisotopic (exact) mass is 1000 g/mol. The summed E-state index contributed by atoms with van der Waals surface area (Å²) in [4.78, 5) is 16.5. The van der Waals surface area contributed by atoms with Crippen LogP contribution < -0.4 is 29.0 Å². The van der Waals surface area contributed by atoms with E-state index in [1.54, 1.807) is 24.3 Å². The summed E-state index contributed by atoms with van der Waals surface area (Å²) < 4.78 is 69.3. The van der Waals surface area contributed by atoms with Crippen LogP contribution in [0, 0.1) is 22.7 Å². The number of nitrogens with zero attached hydrogens (tertiary/aromatic N) is 6. The first kappa shape index (κ1) is 48.5. The zero-order valence-electron chi connectivity index (χ0n) is 36.2. The van der Waals surface area contributed by atoms with Crippen molar-refractivity contribution in [2.75, 3.05) is 46.4 Å². The number of nitriles is 2. The van der Waals surface area contributed by atoms with Crippen molar-refractivity contribution in [2.24, 2.45) is 0 Å². The third kappa shape index (κ3) is 11.2. The van der Waals surface area contributed by atoms with Gasteiger partial charge in [-0.1, -0.05) is 47.5 Å². The fourth-order valence-corrected chi connectivity index (χ4v) is 9.63. The highest BCUT2D eigenvalue weighted by atomic mass is 35.5. The smallest absolute Gasteiger partial charge is 0.236 e. The molecular formula is C46H42Cl3N9O7S2. The first-order chi connectivity index (χ1) is 32.0. The Morgan fingerprint density at radius 3 is 1.66 bits per heavy atom. The summed E-state index contributed by atoms with van der Waals surface area (Å²) >= 11 is 19.8. The van der Waals surface area contributed by atoms with E-state index < -0.39 is 30.9 Å². The van der Waals surface area contributed by atoms with Crippen molar-refractivity contribution < 1.29 is 31.0 Å². The van der Waals surface area contributed by atoms with E-state index in [9.17, 15) is 27.4 Å². The maximum Gasteiger partial charge on any atom is 0.236 e. The zero-order chi connectivity index (χ0) is 48.0. The summed E-state index contributed by atoms with van der Waals surface area (Å²) in [7, 11) is -7.16. The Bertz CT molecular complexity index is 3110. The summed E-state index contributed by atoms with van der Waals surface area (Å²) in [6.07, 6.45) is 5.76. The van der Waals surface area contributed by atoms with Crippen LogP contribution in [0.1, 0.15) is 64.5 Å². The number of benzene rings is 4. The van der Waals surface area contributed by atoms with Crippen LogP contribution in [0.5, 0.6) is 17.2 Å². The molecule has 1 fully saturated rings. The molecule has 21 heteroatoms. The molecule has 67 heavy (non-hydrogen) atoms. The number of hydrogen-bond acceptors (Lipinski definition) is 14. The van der Waals surface area contributed by atoms with Gasteiger partial charge in [0.1, 0.15) is 31.1 Å².